The largest absolute Gasteiger partial charge is 0.346 e. The Labute approximate surface area is 147 Å². The molecule has 3 aliphatic heterocycles. The summed E-state index contributed by atoms with van der Waals surface area (Å²) in [6, 6.07) is 10.5. The summed E-state index contributed by atoms with van der Waals surface area (Å²) >= 11 is 1.59. The van der Waals surface area contributed by atoms with Gasteiger partial charge in [0.05, 0.1) is 4.88 Å². The minimum atomic E-state index is 0. The predicted octanol–water partition coefficient (Wildman–Crippen LogP) is 3.93. The molecular weight excluding hydrogens is 328 g/mol. The molecule has 124 valence electrons. The molecule has 0 spiro atoms. The van der Waals surface area contributed by atoms with Crippen LogP contribution in [0.3, 0.4) is 0 Å². The van der Waals surface area contributed by atoms with Crippen LogP contribution in [-0.2, 0) is 0 Å². The molecule has 23 heavy (non-hydrogen) atoms. The zero-order valence-corrected chi connectivity index (χ0v) is 15.2. The van der Waals surface area contributed by atoms with E-state index in [0.717, 1.165) is 10.3 Å². The normalized spacial score (nSPS) is 28.3. The number of fused-ring (bicyclic) bond motifs is 4. The standard InChI is InChI=1S/C18H22N2OS.ClH/c1-18(2)16(12-7-9-20(18)10-8-12)19-17(21)15-11-13-5-3-4-6-14(13)22-15;/h3-6,11-12,16H,7-10H2,1-2H3,(H,19,21);1H. The van der Waals surface area contributed by atoms with Gasteiger partial charge in [-0.1, -0.05) is 18.2 Å². The van der Waals surface area contributed by atoms with Gasteiger partial charge in [0.25, 0.3) is 5.91 Å². The van der Waals surface area contributed by atoms with E-state index in [1.807, 2.05) is 18.2 Å². The Morgan fingerprint density at radius 2 is 1.96 bits per heavy atom. The lowest BCUT2D eigenvalue weighted by Crippen LogP contribution is -2.69. The van der Waals surface area contributed by atoms with Crippen LogP contribution in [-0.4, -0.2) is 35.5 Å². The van der Waals surface area contributed by atoms with E-state index in [-0.39, 0.29) is 29.9 Å². The highest BCUT2D eigenvalue weighted by atomic mass is 35.5. The number of amides is 1. The summed E-state index contributed by atoms with van der Waals surface area (Å²) in [6.07, 6.45) is 2.42. The molecule has 4 heterocycles. The van der Waals surface area contributed by atoms with Crippen LogP contribution in [0, 0.1) is 5.92 Å². The molecule has 2 bridgehead atoms. The topological polar surface area (TPSA) is 32.3 Å². The quantitative estimate of drug-likeness (QED) is 0.890. The Hall–Kier alpha value is -1.10. The second-order valence-electron chi connectivity index (χ2n) is 7.08. The molecule has 1 aromatic carbocycles. The van der Waals surface area contributed by atoms with Gasteiger partial charge in [-0.3, -0.25) is 9.69 Å². The highest BCUT2D eigenvalue weighted by Gasteiger charge is 2.48. The average Bonchev–Trinajstić information content (AvgIpc) is 2.95. The van der Waals surface area contributed by atoms with E-state index in [4.69, 9.17) is 0 Å². The highest BCUT2D eigenvalue weighted by molar-refractivity contribution is 7.20. The molecule has 1 amide bonds. The van der Waals surface area contributed by atoms with Crippen molar-refractivity contribution in [2.75, 3.05) is 13.1 Å². The fourth-order valence-corrected chi connectivity index (χ4v) is 5.15. The molecule has 1 atom stereocenters. The molecule has 3 saturated heterocycles. The van der Waals surface area contributed by atoms with Gasteiger partial charge in [-0.05, 0) is 63.2 Å². The van der Waals surface area contributed by atoms with Crippen LogP contribution < -0.4 is 5.32 Å². The maximum absolute atomic E-state index is 12.7. The summed E-state index contributed by atoms with van der Waals surface area (Å²) in [6.45, 7) is 6.89. The van der Waals surface area contributed by atoms with E-state index in [0.29, 0.717) is 5.92 Å². The number of halogens is 1. The minimum Gasteiger partial charge on any atom is -0.346 e. The number of hydrogen-bond acceptors (Lipinski definition) is 3. The number of benzene rings is 1. The third-order valence-electron chi connectivity index (χ3n) is 5.52. The van der Waals surface area contributed by atoms with Crippen LogP contribution in [0.5, 0.6) is 0 Å². The second-order valence-corrected chi connectivity index (χ2v) is 8.16. The molecule has 5 heteroatoms. The SMILES string of the molecule is CC1(C)C(NC(=O)c2cc3ccccc3s2)C2CCN1CC2.Cl. The number of nitrogens with zero attached hydrogens (tertiary/aromatic N) is 1. The van der Waals surface area contributed by atoms with Crippen molar-refractivity contribution in [2.45, 2.75) is 38.3 Å². The number of carbonyl (C=O) groups excluding carboxylic acids is 1. The molecule has 3 fully saturated rings. The van der Waals surface area contributed by atoms with Crippen molar-refractivity contribution in [3.63, 3.8) is 0 Å². The smallest absolute Gasteiger partial charge is 0.261 e. The Balaban J connectivity index is 0.00000156. The van der Waals surface area contributed by atoms with Crippen molar-refractivity contribution in [3.05, 3.63) is 35.2 Å². The fourth-order valence-electron chi connectivity index (χ4n) is 4.18. The number of thiophene rings is 1. The number of hydrogen-bond donors (Lipinski definition) is 1. The molecule has 3 aliphatic rings. The van der Waals surface area contributed by atoms with Crippen molar-refractivity contribution >= 4 is 39.7 Å². The predicted molar refractivity (Wildman–Crippen MR) is 98.7 cm³/mol. The number of carbonyl (C=O) groups is 1. The first-order chi connectivity index (χ1) is 10.6. The molecule has 1 N–H and O–H groups in total. The summed E-state index contributed by atoms with van der Waals surface area (Å²) in [5.41, 5.74) is 0.0630. The van der Waals surface area contributed by atoms with E-state index >= 15 is 0 Å². The van der Waals surface area contributed by atoms with Gasteiger partial charge < -0.3 is 5.32 Å². The summed E-state index contributed by atoms with van der Waals surface area (Å²) in [4.78, 5) is 16.1. The first-order valence-corrected chi connectivity index (χ1v) is 8.92. The van der Waals surface area contributed by atoms with E-state index in [2.05, 4.69) is 36.2 Å². The lowest BCUT2D eigenvalue weighted by Gasteiger charge is -2.56. The van der Waals surface area contributed by atoms with Gasteiger partial charge in [0, 0.05) is 16.3 Å². The zero-order chi connectivity index (χ0) is 15.3. The van der Waals surface area contributed by atoms with Gasteiger partial charge in [-0.15, -0.1) is 23.7 Å². The van der Waals surface area contributed by atoms with Crippen LogP contribution in [0.4, 0.5) is 0 Å². The average molecular weight is 351 g/mol. The number of piperidine rings is 3. The molecule has 1 unspecified atom stereocenters. The van der Waals surface area contributed by atoms with Crippen LogP contribution in [0.1, 0.15) is 36.4 Å². The van der Waals surface area contributed by atoms with Gasteiger partial charge in [0.2, 0.25) is 0 Å². The molecule has 5 rings (SSSR count). The second kappa shape index (κ2) is 6.08. The van der Waals surface area contributed by atoms with Crippen molar-refractivity contribution < 1.29 is 4.79 Å². The van der Waals surface area contributed by atoms with Gasteiger partial charge in [-0.2, -0.15) is 0 Å². The van der Waals surface area contributed by atoms with Gasteiger partial charge in [-0.25, -0.2) is 0 Å². The van der Waals surface area contributed by atoms with E-state index in [1.165, 1.54) is 30.6 Å². The van der Waals surface area contributed by atoms with Crippen LogP contribution in [0.15, 0.2) is 30.3 Å². The molecule has 0 radical (unpaired) electrons. The summed E-state index contributed by atoms with van der Waals surface area (Å²) in [5, 5.41) is 4.51. The maximum Gasteiger partial charge on any atom is 0.261 e. The Kier molecular flexibility index (Phi) is 4.43. The van der Waals surface area contributed by atoms with E-state index in [1.54, 1.807) is 11.3 Å². The highest BCUT2D eigenvalue weighted by Crippen LogP contribution is 2.39. The molecular formula is C18H23ClN2OS. The van der Waals surface area contributed by atoms with Crippen LogP contribution in [0.2, 0.25) is 0 Å². The lowest BCUT2D eigenvalue weighted by atomic mass is 9.72. The van der Waals surface area contributed by atoms with Crippen molar-refractivity contribution in [1.29, 1.82) is 0 Å². The monoisotopic (exact) mass is 350 g/mol. The van der Waals surface area contributed by atoms with Crippen molar-refractivity contribution in [1.82, 2.24) is 10.2 Å². The molecule has 0 aliphatic carbocycles. The summed E-state index contributed by atoms with van der Waals surface area (Å²) in [5.74, 6) is 0.714. The fraction of sp³-hybridized carbons (Fsp3) is 0.500. The van der Waals surface area contributed by atoms with Crippen LogP contribution >= 0.6 is 23.7 Å². The van der Waals surface area contributed by atoms with Crippen molar-refractivity contribution in [3.8, 4) is 0 Å². The van der Waals surface area contributed by atoms with E-state index < -0.39 is 0 Å². The van der Waals surface area contributed by atoms with Gasteiger partial charge >= 0.3 is 0 Å². The lowest BCUT2D eigenvalue weighted by molar-refractivity contribution is -0.0377. The molecule has 3 nitrogen and oxygen atoms in total. The third-order valence-corrected chi connectivity index (χ3v) is 6.64. The Morgan fingerprint density at radius 3 is 2.61 bits per heavy atom. The molecule has 2 aromatic rings. The molecule has 1 aromatic heterocycles. The van der Waals surface area contributed by atoms with E-state index in [9.17, 15) is 4.79 Å². The Bertz CT molecular complexity index is 686. The summed E-state index contributed by atoms with van der Waals surface area (Å²) < 4.78 is 1.18. The third kappa shape index (κ3) is 2.77. The first kappa shape index (κ1) is 16.7. The number of nitrogens with one attached hydrogen (secondary N) is 1. The summed E-state index contributed by atoms with van der Waals surface area (Å²) in [7, 11) is 0. The Morgan fingerprint density at radius 1 is 1.26 bits per heavy atom. The van der Waals surface area contributed by atoms with Crippen molar-refractivity contribution in [2.24, 2.45) is 5.92 Å². The van der Waals surface area contributed by atoms with Gasteiger partial charge in [0.1, 0.15) is 0 Å². The zero-order valence-electron chi connectivity index (χ0n) is 13.5. The molecule has 0 saturated carbocycles. The van der Waals surface area contributed by atoms with Crippen LogP contribution in [0.25, 0.3) is 10.1 Å². The maximum atomic E-state index is 12.7. The first-order valence-electron chi connectivity index (χ1n) is 8.10. The van der Waals surface area contributed by atoms with Gasteiger partial charge in [0.15, 0.2) is 0 Å². The minimum absolute atomic E-state index is 0. The number of rotatable bonds is 2.